The van der Waals surface area contributed by atoms with Crippen LogP contribution in [0.5, 0.6) is 0 Å². The fourth-order valence-electron chi connectivity index (χ4n) is 8.54. The van der Waals surface area contributed by atoms with Crippen molar-refractivity contribution in [2.75, 3.05) is 0 Å². The normalized spacial score (nSPS) is 47.4. The number of fused-ring (bicyclic) bond motifs is 5. The Morgan fingerprint density at radius 2 is 1.67 bits per heavy atom. The molecule has 9 heteroatoms. The third-order valence-electron chi connectivity index (χ3n) is 10.3. The Hall–Kier alpha value is -1.26. The van der Waals surface area contributed by atoms with Crippen LogP contribution in [-0.2, 0) is 14.6 Å². The average molecular weight is 483 g/mol. The molecule has 0 saturated heterocycles. The van der Waals surface area contributed by atoms with Crippen LogP contribution in [0.3, 0.4) is 0 Å². The van der Waals surface area contributed by atoms with E-state index in [1.165, 1.54) is 12.3 Å². The fraction of sp³-hybridized carbons (Fsp3) is 0.792. The lowest BCUT2D eigenvalue weighted by molar-refractivity contribution is -0.252. The maximum Gasteiger partial charge on any atom is 0.397 e. The molecule has 184 valence electrons. The van der Waals surface area contributed by atoms with Crippen LogP contribution in [0.15, 0.2) is 27.6 Å². The number of aliphatic hydroxyl groups is 2. The molecular weight excluding hydrogens is 448 g/mol. The highest BCUT2D eigenvalue weighted by atomic mass is 32.3. The lowest BCUT2D eigenvalue weighted by Crippen LogP contribution is -2.67. The van der Waals surface area contributed by atoms with Gasteiger partial charge in [0.15, 0.2) is 0 Å². The lowest BCUT2D eigenvalue weighted by atomic mass is 9.42. The highest BCUT2D eigenvalue weighted by molar-refractivity contribution is 7.80. The van der Waals surface area contributed by atoms with Crippen LogP contribution in [0.1, 0.15) is 83.1 Å². The monoisotopic (exact) mass is 482 g/mol. The van der Waals surface area contributed by atoms with Crippen LogP contribution in [0.2, 0.25) is 0 Å². The molecule has 1 aromatic rings. The zero-order valence-electron chi connectivity index (χ0n) is 19.2. The van der Waals surface area contributed by atoms with Crippen molar-refractivity contribution in [3.05, 3.63) is 34.4 Å². The van der Waals surface area contributed by atoms with Crippen molar-refractivity contribution in [2.45, 2.75) is 94.9 Å². The van der Waals surface area contributed by atoms with Gasteiger partial charge >= 0.3 is 16.0 Å². The summed E-state index contributed by atoms with van der Waals surface area (Å²) in [5, 5.41) is 24.0. The van der Waals surface area contributed by atoms with Gasteiger partial charge in [-0.05, 0) is 86.2 Å². The van der Waals surface area contributed by atoms with E-state index >= 15 is 0 Å². The number of hydrogen-bond acceptors (Lipinski definition) is 7. The van der Waals surface area contributed by atoms with E-state index in [4.69, 9.17) is 13.2 Å². The van der Waals surface area contributed by atoms with Gasteiger partial charge in [0.25, 0.3) is 0 Å². The summed E-state index contributed by atoms with van der Waals surface area (Å²) in [4.78, 5) is 11.5. The smallest absolute Gasteiger partial charge is 0.397 e. The molecule has 5 rings (SSSR count). The van der Waals surface area contributed by atoms with E-state index in [-0.39, 0.29) is 35.2 Å². The zero-order chi connectivity index (χ0) is 23.9. The van der Waals surface area contributed by atoms with Crippen molar-refractivity contribution in [1.29, 1.82) is 0 Å². The average Bonchev–Trinajstić information content (AvgIpc) is 3.00. The summed E-state index contributed by atoms with van der Waals surface area (Å²) in [7, 11) is -4.57. The van der Waals surface area contributed by atoms with E-state index in [2.05, 4.69) is 13.8 Å². The first-order valence-electron chi connectivity index (χ1n) is 12.0. The quantitative estimate of drug-likeness (QED) is 0.559. The molecule has 0 spiro atoms. The summed E-state index contributed by atoms with van der Waals surface area (Å²) in [5.41, 5.74) is -2.24. The standard InChI is InChI=1S/C24H34O8S/c1-21-9-5-16(32-33(28,29)30)13-23(21,26)11-7-19-18(21)6-10-22(2)17(8-12-24(19,22)27)15-3-4-20(25)31-14-15/h3-4,14,16-19,26-27H,5-13H2,1-2H3,(H,28,29,30). The van der Waals surface area contributed by atoms with E-state index in [0.717, 1.165) is 24.8 Å². The minimum absolute atomic E-state index is 0.0290. The minimum Gasteiger partial charge on any atom is -0.431 e. The zero-order valence-corrected chi connectivity index (χ0v) is 20.0. The van der Waals surface area contributed by atoms with Gasteiger partial charge in [-0.25, -0.2) is 8.98 Å². The van der Waals surface area contributed by atoms with Gasteiger partial charge in [0.05, 0.1) is 23.6 Å². The van der Waals surface area contributed by atoms with Crippen LogP contribution in [0, 0.1) is 22.7 Å². The molecule has 8 unspecified atom stereocenters. The molecule has 3 N–H and O–H groups in total. The van der Waals surface area contributed by atoms with Gasteiger partial charge < -0.3 is 14.6 Å². The maximum absolute atomic E-state index is 12.2. The second-order valence-electron chi connectivity index (χ2n) is 11.4. The van der Waals surface area contributed by atoms with Crippen LogP contribution < -0.4 is 5.63 Å². The van der Waals surface area contributed by atoms with E-state index < -0.39 is 33.1 Å². The molecule has 8 atom stereocenters. The SMILES string of the molecule is CC12CCC(OS(=O)(=O)O)CC1(O)CCC1C2CCC2(C)C(c3ccc(=O)oc3)CCC12O. The highest BCUT2D eigenvalue weighted by Gasteiger charge is 2.70. The van der Waals surface area contributed by atoms with E-state index in [0.29, 0.717) is 32.1 Å². The van der Waals surface area contributed by atoms with Gasteiger partial charge in [0, 0.05) is 17.9 Å². The lowest BCUT2D eigenvalue weighted by Gasteiger charge is -2.66. The summed E-state index contributed by atoms with van der Waals surface area (Å²) in [6.07, 6.45) is 6.21. The maximum atomic E-state index is 12.2. The predicted octanol–water partition coefficient (Wildman–Crippen LogP) is 3.18. The Labute approximate surface area is 194 Å². The molecule has 1 heterocycles. The minimum atomic E-state index is -4.57. The van der Waals surface area contributed by atoms with Crippen molar-refractivity contribution in [3.8, 4) is 0 Å². The third-order valence-corrected chi connectivity index (χ3v) is 10.8. The van der Waals surface area contributed by atoms with Gasteiger partial charge in [-0.3, -0.25) is 4.55 Å². The molecular formula is C24H34O8S. The fourth-order valence-corrected chi connectivity index (χ4v) is 9.04. The van der Waals surface area contributed by atoms with Gasteiger partial charge in [0.2, 0.25) is 0 Å². The summed E-state index contributed by atoms with van der Waals surface area (Å²) in [5.74, 6) is 0.232. The first kappa shape index (κ1) is 23.5. The van der Waals surface area contributed by atoms with Gasteiger partial charge in [-0.1, -0.05) is 13.8 Å². The third kappa shape index (κ3) is 3.37. The van der Waals surface area contributed by atoms with Crippen molar-refractivity contribution < 1.29 is 31.8 Å². The molecule has 4 aliphatic rings. The molecule has 0 amide bonds. The molecule has 0 radical (unpaired) electrons. The van der Waals surface area contributed by atoms with Crippen LogP contribution in [0.25, 0.3) is 0 Å². The second-order valence-corrected chi connectivity index (χ2v) is 12.5. The summed E-state index contributed by atoms with van der Waals surface area (Å²) >= 11 is 0. The first-order chi connectivity index (χ1) is 15.3. The summed E-state index contributed by atoms with van der Waals surface area (Å²) < 4.78 is 41.6. The Balaban J connectivity index is 1.44. The van der Waals surface area contributed by atoms with Crippen molar-refractivity contribution in [2.24, 2.45) is 22.7 Å². The van der Waals surface area contributed by atoms with Gasteiger partial charge in [-0.2, -0.15) is 8.42 Å². The summed E-state index contributed by atoms with van der Waals surface area (Å²) in [6.45, 7) is 4.24. The predicted molar refractivity (Wildman–Crippen MR) is 119 cm³/mol. The van der Waals surface area contributed by atoms with Crippen molar-refractivity contribution >= 4 is 10.4 Å². The van der Waals surface area contributed by atoms with Crippen LogP contribution >= 0.6 is 0 Å². The molecule has 4 saturated carbocycles. The van der Waals surface area contributed by atoms with E-state index in [9.17, 15) is 23.4 Å². The molecule has 33 heavy (non-hydrogen) atoms. The highest BCUT2D eigenvalue weighted by Crippen LogP contribution is 2.71. The second kappa shape index (κ2) is 7.37. The largest absolute Gasteiger partial charge is 0.431 e. The Kier molecular flexibility index (Phi) is 5.24. The topological polar surface area (TPSA) is 134 Å². The summed E-state index contributed by atoms with van der Waals surface area (Å²) in [6, 6.07) is 3.26. The first-order valence-corrected chi connectivity index (χ1v) is 13.4. The van der Waals surface area contributed by atoms with Gasteiger partial charge in [0.1, 0.15) is 0 Å². The van der Waals surface area contributed by atoms with Gasteiger partial charge in [-0.15, -0.1) is 0 Å². The Bertz CT molecular complexity index is 1080. The van der Waals surface area contributed by atoms with E-state index in [1.54, 1.807) is 0 Å². The molecule has 4 aliphatic carbocycles. The number of hydrogen-bond donors (Lipinski definition) is 3. The molecule has 0 aromatic carbocycles. The molecule has 1 aromatic heterocycles. The molecule has 0 bridgehead atoms. The number of rotatable bonds is 3. The van der Waals surface area contributed by atoms with Crippen LogP contribution in [0.4, 0.5) is 0 Å². The Morgan fingerprint density at radius 1 is 0.970 bits per heavy atom. The Morgan fingerprint density at radius 3 is 2.33 bits per heavy atom. The van der Waals surface area contributed by atoms with Crippen molar-refractivity contribution in [3.63, 3.8) is 0 Å². The molecule has 0 aliphatic heterocycles. The van der Waals surface area contributed by atoms with E-state index in [1.807, 2.05) is 6.07 Å². The van der Waals surface area contributed by atoms with Crippen molar-refractivity contribution in [1.82, 2.24) is 0 Å². The molecule has 4 fully saturated rings. The van der Waals surface area contributed by atoms with Crippen LogP contribution in [-0.4, -0.2) is 40.5 Å². The molecule has 8 nitrogen and oxygen atoms in total.